The highest BCUT2D eigenvalue weighted by atomic mass is 35.5. The Morgan fingerprint density at radius 3 is 2.65 bits per heavy atom. The molecule has 0 bridgehead atoms. The minimum absolute atomic E-state index is 0.0501. The van der Waals surface area contributed by atoms with Gasteiger partial charge in [0, 0.05) is 12.4 Å². The topological polar surface area (TPSA) is 63.5 Å². The molecule has 3 rings (SSSR count). The molecule has 138 valence electrons. The fraction of sp³-hybridized carbons (Fsp3) is 0.188. The Labute approximate surface area is 152 Å². The molecule has 5 nitrogen and oxygen atoms in total. The molecule has 0 aliphatic carbocycles. The molecule has 26 heavy (non-hydrogen) atoms. The standard InChI is InChI=1S/C16H13ClF3N3O2S/c17-13-4-5-15-22-14(9-23(15)8-13)7-21-26(24,25)10-11-2-1-3-12(6-11)16(18,19)20/h1-6,8-9,21H,7,10H2. The van der Waals surface area contributed by atoms with Crippen LogP contribution in [0.5, 0.6) is 0 Å². The first-order valence-electron chi connectivity index (χ1n) is 7.39. The zero-order valence-corrected chi connectivity index (χ0v) is 14.7. The summed E-state index contributed by atoms with van der Waals surface area (Å²) >= 11 is 5.87. The van der Waals surface area contributed by atoms with E-state index in [-0.39, 0.29) is 12.1 Å². The molecule has 0 amide bonds. The molecule has 2 aromatic heterocycles. The molecule has 0 radical (unpaired) electrons. The van der Waals surface area contributed by atoms with Crippen molar-refractivity contribution >= 4 is 27.3 Å². The highest BCUT2D eigenvalue weighted by Gasteiger charge is 2.30. The number of pyridine rings is 1. The van der Waals surface area contributed by atoms with E-state index in [1.54, 1.807) is 28.9 Å². The number of sulfonamides is 1. The van der Waals surface area contributed by atoms with Crippen LogP contribution in [0.4, 0.5) is 13.2 Å². The molecule has 1 aromatic carbocycles. The first-order valence-corrected chi connectivity index (χ1v) is 9.42. The van der Waals surface area contributed by atoms with Crippen LogP contribution in [0.3, 0.4) is 0 Å². The van der Waals surface area contributed by atoms with E-state index in [0.29, 0.717) is 16.4 Å². The summed E-state index contributed by atoms with van der Waals surface area (Å²) in [5.41, 5.74) is 0.220. The van der Waals surface area contributed by atoms with Crippen LogP contribution in [-0.2, 0) is 28.5 Å². The summed E-state index contributed by atoms with van der Waals surface area (Å²) in [6.07, 6.45) is -1.27. The average molecular weight is 404 g/mol. The van der Waals surface area contributed by atoms with Gasteiger partial charge in [-0.15, -0.1) is 0 Å². The van der Waals surface area contributed by atoms with Gasteiger partial charge in [-0.05, 0) is 23.8 Å². The minimum atomic E-state index is -4.52. The summed E-state index contributed by atoms with van der Waals surface area (Å²) in [5.74, 6) is -0.559. The van der Waals surface area contributed by atoms with Crippen molar-refractivity contribution in [2.75, 3.05) is 0 Å². The molecule has 0 saturated carbocycles. The second-order valence-corrected chi connectivity index (χ2v) is 7.87. The number of halogens is 4. The van der Waals surface area contributed by atoms with Crippen LogP contribution in [0, 0.1) is 0 Å². The first-order chi connectivity index (χ1) is 12.1. The average Bonchev–Trinajstić information content (AvgIpc) is 2.94. The van der Waals surface area contributed by atoms with E-state index in [1.807, 2.05) is 0 Å². The van der Waals surface area contributed by atoms with E-state index in [4.69, 9.17) is 11.6 Å². The van der Waals surface area contributed by atoms with Crippen LogP contribution in [0.2, 0.25) is 5.02 Å². The summed E-state index contributed by atoms with van der Waals surface area (Å²) in [7, 11) is -3.83. The Morgan fingerprint density at radius 2 is 1.92 bits per heavy atom. The molecule has 3 aromatic rings. The summed E-state index contributed by atoms with van der Waals surface area (Å²) in [6, 6.07) is 7.58. The van der Waals surface area contributed by atoms with Crippen molar-refractivity contribution in [3.05, 3.63) is 70.6 Å². The zero-order chi connectivity index (χ0) is 18.9. The van der Waals surface area contributed by atoms with Crippen LogP contribution in [0.1, 0.15) is 16.8 Å². The van der Waals surface area contributed by atoms with Crippen molar-refractivity contribution in [1.82, 2.24) is 14.1 Å². The monoisotopic (exact) mass is 403 g/mol. The lowest BCUT2D eigenvalue weighted by atomic mass is 10.1. The van der Waals surface area contributed by atoms with E-state index in [0.717, 1.165) is 12.1 Å². The second kappa shape index (κ2) is 6.90. The van der Waals surface area contributed by atoms with E-state index in [2.05, 4.69) is 9.71 Å². The number of imidazole rings is 1. The molecule has 0 aliphatic rings. The number of alkyl halides is 3. The number of nitrogens with zero attached hydrogens (tertiary/aromatic N) is 2. The zero-order valence-electron chi connectivity index (χ0n) is 13.2. The molecule has 0 fully saturated rings. The third-order valence-electron chi connectivity index (χ3n) is 3.55. The van der Waals surface area contributed by atoms with E-state index < -0.39 is 27.5 Å². The molecule has 0 atom stereocenters. The maximum Gasteiger partial charge on any atom is 0.416 e. The van der Waals surface area contributed by atoms with Gasteiger partial charge in [-0.1, -0.05) is 29.8 Å². The molecular formula is C16H13ClF3N3O2S. The lowest BCUT2D eigenvalue weighted by Crippen LogP contribution is -2.25. The maximum atomic E-state index is 12.7. The minimum Gasteiger partial charge on any atom is -0.305 e. The van der Waals surface area contributed by atoms with Gasteiger partial charge in [0.15, 0.2) is 0 Å². The molecule has 10 heteroatoms. The van der Waals surface area contributed by atoms with Crippen molar-refractivity contribution in [2.45, 2.75) is 18.5 Å². The highest BCUT2D eigenvalue weighted by molar-refractivity contribution is 7.88. The van der Waals surface area contributed by atoms with Gasteiger partial charge in [-0.3, -0.25) is 0 Å². The lowest BCUT2D eigenvalue weighted by molar-refractivity contribution is -0.137. The lowest BCUT2D eigenvalue weighted by Gasteiger charge is -2.09. The van der Waals surface area contributed by atoms with Crippen molar-refractivity contribution < 1.29 is 21.6 Å². The third kappa shape index (κ3) is 4.54. The van der Waals surface area contributed by atoms with Gasteiger partial charge in [-0.2, -0.15) is 13.2 Å². The summed E-state index contributed by atoms with van der Waals surface area (Å²) < 4.78 is 66.4. The Balaban J connectivity index is 1.70. The Hall–Kier alpha value is -2.10. The van der Waals surface area contributed by atoms with Gasteiger partial charge in [0.1, 0.15) is 5.65 Å². The van der Waals surface area contributed by atoms with E-state index in [1.165, 1.54) is 12.1 Å². The number of nitrogens with one attached hydrogen (secondary N) is 1. The van der Waals surface area contributed by atoms with Gasteiger partial charge in [0.25, 0.3) is 0 Å². The fourth-order valence-electron chi connectivity index (χ4n) is 2.39. The van der Waals surface area contributed by atoms with Crippen LogP contribution >= 0.6 is 11.6 Å². The van der Waals surface area contributed by atoms with Gasteiger partial charge in [-0.25, -0.2) is 18.1 Å². The van der Waals surface area contributed by atoms with Crippen molar-refractivity contribution in [3.63, 3.8) is 0 Å². The summed E-state index contributed by atoms with van der Waals surface area (Å²) in [6.45, 7) is -0.0827. The predicted molar refractivity (Wildman–Crippen MR) is 91.1 cm³/mol. The first kappa shape index (κ1) is 18.7. The van der Waals surface area contributed by atoms with Crippen molar-refractivity contribution in [2.24, 2.45) is 0 Å². The number of hydrogen-bond donors (Lipinski definition) is 1. The second-order valence-electron chi connectivity index (χ2n) is 5.62. The normalized spacial score (nSPS) is 12.6. The van der Waals surface area contributed by atoms with Gasteiger partial charge in [0.05, 0.1) is 28.6 Å². The van der Waals surface area contributed by atoms with Crippen LogP contribution < -0.4 is 4.72 Å². The SMILES string of the molecule is O=S(=O)(Cc1cccc(C(F)(F)F)c1)NCc1cn2cc(Cl)ccc2n1. The van der Waals surface area contributed by atoms with Gasteiger partial charge in [0.2, 0.25) is 10.0 Å². The smallest absolute Gasteiger partial charge is 0.305 e. The van der Waals surface area contributed by atoms with Crippen molar-refractivity contribution in [3.8, 4) is 0 Å². The molecule has 0 saturated heterocycles. The summed E-state index contributed by atoms with van der Waals surface area (Å²) in [5, 5.41) is 0.506. The molecular weight excluding hydrogens is 391 g/mol. The number of aromatic nitrogens is 2. The van der Waals surface area contributed by atoms with Gasteiger partial charge >= 0.3 is 6.18 Å². The largest absolute Gasteiger partial charge is 0.416 e. The molecule has 0 unspecified atom stereocenters. The molecule has 1 N–H and O–H groups in total. The fourth-order valence-corrected chi connectivity index (χ4v) is 3.65. The highest BCUT2D eigenvalue weighted by Crippen LogP contribution is 2.29. The summed E-state index contributed by atoms with van der Waals surface area (Å²) in [4.78, 5) is 4.24. The maximum absolute atomic E-state index is 12.7. The van der Waals surface area contributed by atoms with E-state index in [9.17, 15) is 21.6 Å². The number of fused-ring (bicyclic) bond motifs is 1. The van der Waals surface area contributed by atoms with Crippen LogP contribution in [-0.4, -0.2) is 17.8 Å². The molecule has 0 aliphatic heterocycles. The molecule has 2 heterocycles. The molecule has 0 spiro atoms. The predicted octanol–water partition coefficient (Wildman–Crippen LogP) is 3.63. The Morgan fingerprint density at radius 1 is 1.15 bits per heavy atom. The number of rotatable bonds is 5. The number of hydrogen-bond acceptors (Lipinski definition) is 3. The Bertz CT molecular complexity index is 1050. The van der Waals surface area contributed by atoms with Crippen molar-refractivity contribution in [1.29, 1.82) is 0 Å². The van der Waals surface area contributed by atoms with Crippen LogP contribution in [0.25, 0.3) is 5.65 Å². The quantitative estimate of drug-likeness (QED) is 0.707. The van der Waals surface area contributed by atoms with E-state index >= 15 is 0 Å². The third-order valence-corrected chi connectivity index (χ3v) is 5.07. The Kier molecular flexibility index (Phi) is 4.96. The van der Waals surface area contributed by atoms with Crippen LogP contribution in [0.15, 0.2) is 48.8 Å². The van der Waals surface area contributed by atoms with Gasteiger partial charge < -0.3 is 4.40 Å². The number of benzene rings is 1.